The monoisotopic (exact) mass is 233 g/mol. The summed E-state index contributed by atoms with van der Waals surface area (Å²) < 4.78 is 0. The van der Waals surface area contributed by atoms with Gasteiger partial charge in [0.05, 0.1) is 0 Å². The molecule has 0 aliphatic heterocycles. The summed E-state index contributed by atoms with van der Waals surface area (Å²) in [5.74, 6) is -1.53. The molecule has 0 aromatic rings. The molecule has 10 heavy (non-hydrogen) atoms. The minimum absolute atomic E-state index is 0. The molecule has 1 radical (unpaired) electrons. The minimum atomic E-state index is -1.08. The number of hydrogen-bond donors (Lipinski definition) is 1. The number of carboxylic acids is 1. The van der Waals surface area contributed by atoms with Gasteiger partial charge in [-0.2, -0.15) is 0 Å². The number of nitrogens with zero attached hydrogens (tertiary/aromatic N) is 1. The van der Waals surface area contributed by atoms with Gasteiger partial charge in [-0.1, -0.05) is 6.92 Å². The van der Waals surface area contributed by atoms with Crippen molar-refractivity contribution in [1.29, 1.82) is 0 Å². The molecule has 0 aliphatic rings. The van der Waals surface area contributed by atoms with E-state index in [4.69, 9.17) is 5.11 Å². The van der Waals surface area contributed by atoms with Gasteiger partial charge in [0.2, 0.25) is 0 Å². The Bertz CT molecular complexity index is 137. The van der Waals surface area contributed by atoms with Crippen LogP contribution < -0.4 is 0 Å². The molecule has 0 saturated carbocycles. The van der Waals surface area contributed by atoms with Crippen molar-refractivity contribution >= 4 is 11.9 Å². The molecule has 1 N–H and O–H groups in total. The number of carbonyl (C=O) groups excluding carboxylic acids is 1. The third-order valence-electron chi connectivity index (χ3n) is 0.733. The summed E-state index contributed by atoms with van der Waals surface area (Å²) in [6, 6.07) is -0.914. The van der Waals surface area contributed by atoms with Crippen LogP contribution in [-0.2, 0) is 29.1 Å². The Balaban J connectivity index is 0. The fraction of sp³-hybridized carbons (Fsp3) is 0.600. The van der Waals surface area contributed by atoms with E-state index in [0.717, 1.165) is 0 Å². The van der Waals surface area contributed by atoms with Gasteiger partial charge >= 0.3 is 0 Å². The van der Waals surface area contributed by atoms with Crippen LogP contribution in [0.3, 0.4) is 0 Å². The van der Waals surface area contributed by atoms with E-state index in [1.807, 2.05) is 0 Å². The molecule has 1 atom stereocenters. The molecular formula is C5H8NO3Rh-. The van der Waals surface area contributed by atoms with Crippen LogP contribution in [0.1, 0.15) is 13.8 Å². The Morgan fingerprint density at radius 1 is 1.50 bits per heavy atom. The Morgan fingerprint density at radius 3 is 2.00 bits per heavy atom. The van der Waals surface area contributed by atoms with E-state index in [9.17, 15) is 9.59 Å². The molecule has 1 unspecified atom stereocenters. The van der Waals surface area contributed by atoms with Crippen molar-refractivity contribution in [3.63, 3.8) is 0 Å². The summed E-state index contributed by atoms with van der Waals surface area (Å²) in [7, 11) is 0. The molecule has 0 saturated heterocycles. The van der Waals surface area contributed by atoms with Gasteiger partial charge < -0.3 is 15.2 Å². The molecule has 0 aromatic heterocycles. The van der Waals surface area contributed by atoms with E-state index in [1.165, 1.54) is 13.8 Å². The predicted octanol–water partition coefficient (Wildman–Crippen LogP) is 0.377. The average molecular weight is 233 g/mol. The van der Waals surface area contributed by atoms with Crippen LogP contribution in [0.2, 0.25) is 0 Å². The van der Waals surface area contributed by atoms with Gasteiger partial charge in [-0.15, -0.1) is 0 Å². The Hall–Kier alpha value is -0.437. The predicted molar refractivity (Wildman–Crippen MR) is 31.1 cm³/mol. The van der Waals surface area contributed by atoms with Gasteiger partial charge in [0.1, 0.15) is 0 Å². The molecule has 0 heterocycles. The number of amides is 1. The topological polar surface area (TPSA) is 68.5 Å². The quantitative estimate of drug-likeness (QED) is 0.701. The molecular weight excluding hydrogens is 225 g/mol. The molecule has 5 heteroatoms. The van der Waals surface area contributed by atoms with E-state index in [0.29, 0.717) is 0 Å². The first-order valence-electron chi connectivity index (χ1n) is 2.48. The largest absolute Gasteiger partial charge is 0.642 e. The summed E-state index contributed by atoms with van der Waals surface area (Å²) in [5.41, 5.74) is 0. The molecule has 1 amide bonds. The van der Waals surface area contributed by atoms with Crippen LogP contribution in [0, 0.1) is 0 Å². The number of carbonyl (C=O) groups is 2. The number of carboxylic acid groups (broad SMARTS) is 1. The van der Waals surface area contributed by atoms with E-state index in [-0.39, 0.29) is 19.5 Å². The van der Waals surface area contributed by atoms with Crippen molar-refractivity contribution in [3.8, 4) is 0 Å². The molecule has 0 aromatic carbocycles. The zero-order valence-electron chi connectivity index (χ0n) is 5.62. The van der Waals surface area contributed by atoms with Gasteiger partial charge in [0.25, 0.3) is 5.97 Å². The van der Waals surface area contributed by atoms with Crippen LogP contribution >= 0.6 is 0 Å². The fourth-order valence-electron chi connectivity index (χ4n) is 0.328. The standard InChI is InChI=1S/C5H9NO3.Rh/c1-3(5(8)9)6-4(2)7;/h3H,1-2H3,(H2,6,7,8,9);/p-1. The van der Waals surface area contributed by atoms with Gasteiger partial charge in [0, 0.05) is 25.4 Å². The first-order valence-corrected chi connectivity index (χ1v) is 2.48. The Labute approximate surface area is 71.7 Å². The molecule has 0 spiro atoms. The normalized spacial score (nSPS) is 11.0. The van der Waals surface area contributed by atoms with Gasteiger partial charge in [0.15, 0.2) is 0 Å². The van der Waals surface area contributed by atoms with E-state index in [1.54, 1.807) is 0 Å². The summed E-state index contributed by atoms with van der Waals surface area (Å²) in [6.45, 7) is 2.57. The maximum Gasteiger partial charge on any atom is 0.288 e. The first-order chi connectivity index (χ1) is 4.04. The molecule has 0 bridgehead atoms. The SMILES string of the molecule is CC(=O)[N-]C(C)C(=O)O.[Rh]. The van der Waals surface area contributed by atoms with E-state index < -0.39 is 17.9 Å². The van der Waals surface area contributed by atoms with Gasteiger partial charge in [-0.25, -0.2) is 0 Å². The van der Waals surface area contributed by atoms with Crippen molar-refractivity contribution in [2.75, 3.05) is 0 Å². The second-order valence-electron chi connectivity index (χ2n) is 1.66. The van der Waals surface area contributed by atoms with Crippen LogP contribution in [0.25, 0.3) is 5.32 Å². The van der Waals surface area contributed by atoms with Gasteiger partial charge in [-0.3, -0.25) is 4.79 Å². The van der Waals surface area contributed by atoms with Crippen molar-refractivity contribution in [2.24, 2.45) is 0 Å². The van der Waals surface area contributed by atoms with Crippen molar-refractivity contribution in [1.82, 2.24) is 0 Å². The maximum atomic E-state index is 10.1. The van der Waals surface area contributed by atoms with Crippen LogP contribution in [-0.4, -0.2) is 23.0 Å². The molecule has 0 rings (SSSR count). The zero-order valence-corrected chi connectivity index (χ0v) is 7.26. The minimum Gasteiger partial charge on any atom is -0.642 e. The maximum absolute atomic E-state index is 10.1. The second-order valence-corrected chi connectivity index (χ2v) is 1.66. The third-order valence-corrected chi connectivity index (χ3v) is 0.733. The van der Waals surface area contributed by atoms with E-state index in [2.05, 4.69) is 5.32 Å². The first kappa shape index (κ1) is 12.3. The van der Waals surface area contributed by atoms with E-state index >= 15 is 0 Å². The van der Waals surface area contributed by atoms with Crippen LogP contribution in [0.4, 0.5) is 0 Å². The van der Waals surface area contributed by atoms with Crippen LogP contribution in [0.15, 0.2) is 0 Å². The van der Waals surface area contributed by atoms with Crippen molar-refractivity contribution in [3.05, 3.63) is 5.32 Å². The average Bonchev–Trinajstić information content (AvgIpc) is 1.63. The summed E-state index contributed by atoms with van der Waals surface area (Å²) >= 11 is 0. The Morgan fingerprint density at radius 2 is 1.90 bits per heavy atom. The van der Waals surface area contributed by atoms with Gasteiger partial charge in [-0.05, 0) is 13.0 Å². The molecule has 61 valence electrons. The summed E-state index contributed by atoms with van der Waals surface area (Å²) in [5, 5.41) is 11.4. The number of rotatable bonds is 2. The number of aliphatic carboxylic acids is 1. The smallest absolute Gasteiger partial charge is 0.288 e. The Kier molecular flexibility index (Phi) is 6.57. The number of hydrogen-bond acceptors (Lipinski definition) is 2. The third kappa shape index (κ3) is 5.70. The van der Waals surface area contributed by atoms with Crippen molar-refractivity contribution < 1.29 is 34.2 Å². The molecule has 0 aliphatic carbocycles. The fourth-order valence-corrected chi connectivity index (χ4v) is 0.328. The zero-order chi connectivity index (χ0) is 7.44. The van der Waals surface area contributed by atoms with Crippen LogP contribution in [0.5, 0.6) is 0 Å². The summed E-state index contributed by atoms with van der Waals surface area (Å²) in [4.78, 5) is 20.1. The summed E-state index contributed by atoms with van der Waals surface area (Å²) in [6.07, 6.45) is 0. The molecule has 4 nitrogen and oxygen atoms in total. The molecule has 0 fully saturated rings. The van der Waals surface area contributed by atoms with Crippen molar-refractivity contribution in [2.45, 2.75) is 19.9 Å². The second kappa shape index (κ2) is 5.36.